The molecule has 23 heavy (non-hydrogen) atoms. The van der Waals surface area contributed by atoms with Crippen LogP contribution in [-0.4, -0.2) is 18.6 Å². The highest BCUT2D eigenvalue weighted by molar-refractivity contribution is 5.81. The fraction of sp³-hybridized carbons (Fsp3) is 0.316. The second-order valence-corrected chi connectivity index (χ2v) is 5.35. The number of nitrogens with one attached hydrogen (secondary N) is 1. The summed E-state index contributed by atoms with van der Waals surface area (Å²) >= 11 is 0. The van der Waals surface area contributed by atoms with Gasteiger partial charge in [0.1, 0.15) is 11.6 Å². The molecule has 2 aromatic rings. The number of benzene rings is 2. The molecular formula is C19H22FNO2. The van der Waals surface area contributed by atoms with Crippen LogP contribution in [0.25, 0.3) is 0 Å². The Balaban J connectivity index is 1.75. The van der Waals surface area contributed by atoms with Crippen LogP contribution in [0.5, 0.6) is 5.75 Å². The van der Waals surface area contributed by atoms with Gasteiger partial charge in [-0.2, -0.15) is 0 Å². The molecule has 0 aliphatic carbocycles. The van der Waals surface area contributed by atoms with Gasteiger partial charge in [0.05, 0.1) is 0 Å². The molecule has 1 amide bonds. The molecule has 0 bridgehead atoms. The number of hydrogen-bond acceptors (Lipinski definition) is 2. The molecule has 1 atom stereocenters. The summed E-state index contributed by atoms with van der Waals surface area (Å²) in [6.07, 6.45) is 1.80. The molecule has 2 aromatic carbocycles. The van der Waals surface area contributed by atoms with Gasteiger partial charge in [-0.3, -0.25) is 4.79 Å². The van der Waals surface area contributed by atoms with E-state index in [-0.39, 0.29) is 11.7 Å². The van der Waals surface area contributed by atoms with Crippen LogP contribution in [0.3, 0.4) is 0 Å². The lowest BCUT2D eigenvalue weighted by Gasteiger charge is -2.17. The molecule has 0 aromatic heterocycles. The van der Waals surface area contributed by atoms with E-state index < -0.39 is 6.10 Å². The second kappa shape index (κ2) is 8.93. The van der Waals surface area contributed by atoms with Gasteiger partial charge in [-0.1, -0.05) is 37.3 Å². The third-order valence-electron chi connectivity index (χ3n) is 3.54. The number of halogens is 1. The number of aryl methyl sites for hydroxylation is 1. The maximum Gasteiger partial charge on any atom is 0.261 e. The van der Waals surface area contributed by atoms with Gasteiger partial charge in [-0.25, -0.2) is 4.39 Å². The molecule has 2 rings (SSSR count). The van der Waals surface area contributed by atoms with Gasteiger partial charge in [0.15, 0.2) is 6.10 Å². The Labute approximate surface area is 136 Å². The predicted octanol–water partition coefficient (Wildman–Crippen LogP) is 3.73. The molecule has 0 aliphatic rings. The Hall–Kier alpha value is -2.36. The van der Waals surface area contributed by atoms with Gasteiger partial charge in [0.25, 0.3) is 5.91 Å². The zero-order chi connectivity index (χ0) is 16.5. The first-order valence-corrected chi connectivity index (χ1v) is 7.93. The highest BCUT2D eigenvalue weighted by Gasteiger charge is 2.17. The van der Waals surface area contributed by atoms with Crippen LogP contribution in [0.1, 0.15) is 25.3 Å². The Kier molecular flexibility index (Phi) is 6.60. The van der Waals surface area contributed by atoms with Gasteiger partial charge < -0.3 is 10.1 Å². The Morgan fingerprint density at radius 1 is 1.13 bits per heavy atom. The third kappa shape index (κ3) is 5.74. The number of carbonyl (C=O) groups excluding carboxylic acids is 1. The topological polar surface area (TPSA) is 38.3 Å². The van der Waals surface area contributed by atoms with Crippen molar-refractivity contribution in [3.8, 4) is 5.75 Å². The van der Waals surface area contributed by atoms with Gasteiger partial charge in [0, 0.05) is 6.54 Å². The summed E-state index contributed by atoms with van der Waals surface area (Å²) < 4.78 is 18.5. The lowest BCUT2D eigenvalue weighted by Crippen LogP contribution is -2.38. The summed E-state index contributed by atoms with van der Waals surface area (Å²) in [7, 11) is 0. The average molecular weight is 315 g/mol. The first kappa shape index (κ1) is 17.0. The van der Waals surface area contributed by atoms with E-state index in [0.717, 1.165) is 12.8 Å². The molecule has 0 spiro atoms. The highest BCUT2D eigenvalue weighted by Crippen LogP contribution is 2.14. The molecule has 0 fully saturated rings. The standard InChI is InChI=1S/C19H22FNO2/c1-2-18(23-17-12-10-16(20)11-13-17)19(22)21-14-6-9-15-7-4-3-5-8-15/h3-5,7-8,10-13,18H,2,6,9,14H2,1H3,(H,21,22). The van der Waals surface area contributed by atoms with E-state index in [9.17, 15) is 9.18 Å². The van der Waals surface area contributed by atoms with E-state index in [1.54, 1.807) is 0 Å². The normalized spacial score (nSPS) is 11.7. The summed E-state index contributed by atoms with van der Waals surface area (Å²) in [5.74, 6) is 0.0401. The van der Waals surface area contributed by atoms with Crippen molar-refractivity contribution in [3.63, 3.8) is 0 Å². The van der Waals surface area contributed by atoms with Crippen LogP contribution in [0.15, 0.2) is 54.6 Å². The van der Waals surface area contributed by atoms with E-state index in [1.807, 2.05) is 25.1 Å². The van der Waals surface area contributed by atoms with E-state index in [1.165, 1.54) is 29.8 Å². The fourth-order valence-electron chi connectivity index (χ4n) is 2.26. The predicted molar refractivity (Wildman–Crippen MR) is 88.9 cm³/mol. The van der Waals surface area contributed by atoms with Crippen molar-refractivity contribution in [3.05, 3.63) is 66.0 Å². The minimum absolute atomic E-state index is 0.134. The van der Waals surface area contributed by atoms with Gasteiger partial charge in [-0.15, -0.1) is 0 Å². The fourth-order valence-corrected chi connectivity index (χ4v) is 2.26. The maximum atomic E-state index is 12.9. The molecule has 0 heterocycles. The van der Waals surface area contributed by atoms with E-state index in [0.29, 0.717) is 18.7 Å². The van der Waals surface area contributed by atoms with Crippen molar-refractivity contribution >= 4 is 5.91 Å². The minimum Gasteiger partial charge on any atom is -0.481 e. The molecule has 4 heteroatoms. The zero-order valence-corrected chi connectivity index (χ0v) is 13.3. The molecule has 0 radical (unpaired) electrons. The number of ether oxygens (including phenoxy) is 1. The van der Waals surface area contributed by atoms with Crippen LogP contribution in [0.2, 0.25) is 0 Å². The quantitative estimate of drug-likeness (QED) is 0.754. The molecule has 0 saturated carbocycles. The number of hydrogen-bond donors (Lipinski definition) is 1. The Bertz CT molecular complexity index is 599. The van der Waals surface area contributed by atoms with Crippen LogP contribution in [0, 0.1) is 5.82 Å². The lowest BCUT2D eigenvalue weighted by molar-refractivity contribution is -0.128. The summed E-state index contributed by atoms with van der Waals surface area (Å²) in [4.78, 5) is 12.1. The van der Waals surface area contributed by atoms with Crippen molar-refractivity contribution < 1.29 is 13.9 Å². The number of amides is 1. The van der Waals surface area contributed by atoms with Crippen molar-refractivity contribution in [2.75, 3.05) is 6.54 Å². The zero-order valence-electron chi connectivity index (χ0n) is 13.3. The van der Waals surface area contributed by atoms with Crippen LogP contribution in [-0.2, 0) is 11.2 Å². The molecule has 0 saturated heterocycles. The van der Waals surface area contributed by atoms with Crippen molar-refractivity contribution in [1.29, 1.82) is 0 Å². The SMILES string of the molecule is CCC(Oc1ccc(F)cc1)C(=O)NCCCc1ccccc1. The lowest BCUT2D eigenvalue weighted by atomic mass is 10.1. The number of carbonyl (C=O) groups is 1. The minimum atomic E-state index is -0.558. The molecule has 1 N–H and O–H groups in total. The van der Waals surface area contributed by atoms with Crippen molar-refractivity contribution in [2.24, 2.45) is 0 Å². The maximum absolute atomic E-state index is 12.9. The van der Waals surface area contributed by atoms with Crippen LogP contribution < -0.4 is 10.1 Å². The van der Waals surface area contributed by atoms with Crippen molar-refractivity contribution in [1.82, 2.24) is 5.32 Å². The molecular weight excluding hydrogens is 293 g/mol. The van der Waals surface area contributed by atoms with Gasteiger partial charge in [-0.05, 0) is 49.1 Å². The highest BCUT2D eigenvalue weighted by atomic mass is 19.1. The number of rotatable bonds is 8. The largest absolute Gasteiger partial charge is 0.481 e. The van der Waals surface area contributed by atoms with Crippen LogP contribution >= 0.6 is 0 Å². The van der Waals surface area contributed by atoms with Crippen molar-refractivity contribution in [2.45, 2.75) is 32.3 Å². The smallest absolute Gasteiger partial charge is 0.261 e. The second-order valence-electron chi connectivity index (χ2n) is 5.35. The molecule has 122 valence electrons. The van der Waals surface area contributed by atoms with E-state index >= 15 is 0 Å². The van der Waals surface area contributed by atoms with Gasteiger partial charge >= 0.3 is 0 Å². The Morgan fingerprint density at radius 2 is 1.83 bits per heavy atom. The summed E-state index contributed by atoms with van der Waals surface area (Å²) in [5, 5.41) is 2.90. The van der Waals surface area contributed by atoms with E-state index in [2.05, 4.69) is 17.4 Å². The monoisotopic (exact) mass is 315 g/mol. The van der Waals surface area contributed by atoms with Crippen LogP contribution in [0.4, 0.5) is 4.39 Å². The molecule has 1 unspecified atom stereocenters. The average Bonchev–Trinajstić information content (AvgIpc) is 2.59. The Morgan fingerprint density at radius 3 is 2.48 bits per heavy atom. The van der Waals surface area contributed by atoms with E-state index in [4.69, 9.17) is 4.74 Å². The third-order valence-corrected chi connectivity index (χ3v) is 3.54. The summed E-state index contributed by atoms with van der Waals surface area (Å²) in [6.45, 7) is 2.49. The first-order chi connectivity index (χ1) is 11.2. The summed E-state index contributed by atoms with van der Waals surface area (Å²) in [5.41, 5.74) is 1.26. The summed E-state index contributed by atoms with van der Waals surface area (Å²) in [6, 6.07) is 15.9. The van der Waals surface area contributed by atoms with Gasteiger partial charge in [0.2, 0.25) is 0 Å². The molecule has 3 nitrogen and oxygen atoms in total. The molecule has 0 aliphatic heterocycles. The first-order valence-electron chi connectivity index (χ1n) is 7.93.